The van der Waals surface area contributed by atoms with Gasteiger partial charge in [-0.1, -0.05) is 6.07 Å². The van der Waals surface area contributed by atoms with Crippen LogP contribution in [0.1, 0.15) is 28.4 Å². The van der Waals surface area contributed by atoms with Crippen molar-refractivity contribution in [2.24, 2.45) is 0 Å². The molecule has 1 atom stereocenters. The molecule has 0 spiro atoms. The quantitative estimate of drug-likeness (QED) is 0.901. The van der Waals surface area contributed by atoms with Crippen molar-refractivity contribution in [3.8, 4) is 0 Å². The summed E-state index contributed by atoms with van der Waals surface area (Å²) in [6.45, 7) is 3.84. The molecule has 0 aliphatic rings. The van der Waals surface area contributed by atoms with E-state index in [0.717, 1.165) is 22.3 Å². The van der Waals surface area contributed by atoms with Crippen LogP contribution in [0, 0.1) is 19.7 Å². The molecule has 18 heavy (non-hydrogen) atoms. The summed E-state index contributed by atoms with van der Waals surface area (Å²) in [6.07, 6.45) is 3.10. The molecular formula is C15H16FNO. The number of halogens is 1. The van der Waals surface area contributed by atoms with E-state index < -0.39 is 6.10 Å². The molecule has 0 saturated heterocycles. The smallest absolute Gasteiger partial charge is 0.123 e. The third kappa shape index (κ3) is 2.74. The topological polar surface area (TPSA) is 33.1 Å². The maximum atomic E-state index is 13.2. The fourth-order valence-corrected chi connectivity index (χ4v) is 2.00. The number of aromatic nitrogens is 1. The SMILES string of the molecule is Cc1ccc(F)cc1CC(O)c1cnccc1C. The Morgan fingerprint density at radius 3 is 2.72 bits per heavy atom. The fourth-order valence-electron chi connectivity index (χ4n) is 2.00. The summed E-state index contributed by atoms with van der Waals surface area (Å²) in [7, 11) is 0. The Kier molecular flexibility index (Phi) is 3.72. The van der Waals surface area contributed by atoms with Crippen molar-refractivity contribution in [2.45, 2.75) is 26.4 Å². The Morgan fingerprint density at radius 2 is 2.00 bits per heavy atom. The lowest BCUT2D eigenvalue weighted by Gasteiger charge is -2.14. The largest absolute Gasteiger partial charge is 0.388 e. The Balaban J connectivity index is 2.24. The second-order valence-corrected chi connectivity index (χ2v) is 4.52. The number of aliphatic hydroxyl groups is 1. The van der Waals surface area contributed by atoms with E-state index in [0.29, 0.717) is 6.42 Å². The molecule has 1 aromatic carbocycles. The molecular weight excluding hydrogens is 229 g/mol. The Bertz CT molecular complexity index is 554. The highest BCUT2D eigenvalue weighted by molar-refractivity contribution is 5.30. The Hall–Kier alpha value is -1.74. The predicted octanol–water partition coefficient (Wildman–Crippen LogP) is 3.11. The zero-order valence-electron chi connectivity index (χ0n) is 10.5. The van der Waals surface area contributed by atoms with E-state index in [4.69, 9.17) is 0 Å². The fraction of sp³-hybridized carbons (Fsp3) is 0.267. The summed E-state index contributed by atoms with van der Waals surface area (Å²) in [6, 6.07) is 6.50. The van der Waals surface area contributed by atoms with Crippen LogP contribution in [0.3, 0.4) is 0 Å². The van der Waals surface area contributed by atoms with Crippen LogP contribution in [0.25, 0.3) is 0 Å². The highest BCUT2D eigenvalue weighted by atomic mass is 19.1. The van der Waals surface area contributed by atoms with Crippen molar-refractivity contribution in [3.63, 3.8) is 0 Å². The lowest BCUT2D eigenvalue weighted by Crippen LogP contribution is -2.05. The Labute approximate surface area is 106 Å². The van der Waals surface area contributed by atoms with Crippen molar-refractivity contribution in [1.82, 2.24) is 4.98 Å². The van der Waals surface area contributed by atoms with Gasteiger partial charge >= 0.3 is 0 Å². The van der Waals surface area contributed by atoms with Crippen LogP contribution in [0.15, 0.2) is 36.7 Å². The van der Waals surface area contributed by atoms with E-state index in [-0.39, 0.29) is 5.82 Å². The first kappa shape index (κ1) is 12.7. The minimum absolute atomic E-state index is 0.272. The van der Waals surface area contributed by atoms with E-state index in [1.807, 2.05) is 19.9 Å². The molecule has 2 aromatic rings. The van der Waals surface area contributed by atoms with Crippen molar-refractivity contribution in [1.29, 1.82) is 0 Å². The number of hydrogen-bond acceptors (Lipinski definition) is 2. The van der Waals surface area contributed by atoms with E-state index in [1.54, 1.807) is 18.5 Å². The molecule has 0 fully saturated rings. The van der Waals surface area contributed by atoms with Gasteiger partial charge in [-0.05, 0) is 48.7 Å². The molecule has 0 bridgehead atoms. The first-order valence-electron chi connectivity index (χ1n) is 5.91. The molecule has 0 radical (unpaired) electrons. The van der Waals surface area contributed by atoms with Gasteiger partial charge in [-0.2, -0.15) is 0 Å². The second kappa shape index (κ2) is 5.27. The predicted molar refractivity (Wildman–Crippen MR) is 68.8 cm³/mol. The molecule has 3 heteroatoms. The van der Waals surface area contributed by atoms with Crippen LogP contribution in [-0.4, -0.2) is 10.1 Å². The lowest BCUT2D eigenvalue weighted by molar-refractivity contribution is 0.177. The van der Waals surface area contributed by atoms with Gasteiger partial charge in [0.05, 0.1) is 6.10 Å². The first-order chi connectivity index (χ1) is 8.58. The lowest BCUT2D eigenvalue weighted by atomic mass is 9.97. The summed E-state index contributed by atoms with van der Waals surface area (Å²) >= 11 is 0. The molecule has 1 aromatic heterocycles. The van der Waals surface area contributed by atoms with Gasteiger partial charge in [0.15, 0.2) is 0 Å². The van der Waals surface area contributed by atoms with Crippen molar-refractivity contribution < 1.29 is 9.50 Å². The van der Waals surface area contributed by atoms with Crippen LogP contribution in [-0.2, 0) is 6.42 Å². The zero-order chi connectivity index (χ0) is 13.1. The van der Waals surface area contributed by atoms with Crippen LogP contribution in [0.5, 0.6) is 0 Å². The molecule has 2 rings (SSSR count). The number of rotatable bonds is 3. The minimum Gasteiger partial charge on any atom is -0.388 e. The number of pyridine rings is 1. The van der Waals surface area contributed by atoms with E-state index in [1.165, 1.54) is 12.1 Å². The van der Waals surface area contributed by atoms with Gasteiger partial charge in [0, 0.05) is 24.4 Å². The number of aryl methyl sites for hydroxylation is 2. The molecule has 94 valence electrons. The third-order valence-corrected chi connectivity index (χ3v) is 3.16. The van der Waals surface area contributed by atoms with Crippen LogP contribution in [0.2, 0.25) is 0 Å². The average Bonchev–Trinajstić information content (AvgIpc) is 2.34. The molecule has 2 nitrogen and oxygen atoms in total. The molecule has 0 aliphatic heterocycles. The number of nitrogens with zero attached hydrogens (tertiary/aromatic N) is 1. The van der Waals surface area contributed by atoms with Gasteiger partial charge in [0.25, 0.3) is 0 Å². The van der Waals surface area contributed by atoms with Crippen LogP contribution in [0.4, 0.5) is 4.39 Å². The highest BCUT2D eigenvalue weighted by Crippen LogP contribution is 2.22. The van der Waals surface area contributed by atoms with Crippen LogP contribution < -0.4 is 0 Å². The summed E-state index contributed by atoms with van der Waals surface area (Å²) in [4.78, 5) is 4.01. The first-order valence-corrected chi connectivity index (χ1v) is 5.91. The van der Waals surface area contributed by atoms with Gasteiger partial charge in [-0.25, -0.2) is 4.39 Å². The number of benzene rings is 1. The second-order valence-electron chi connectivity index (χ2n) is 4.52. The van der Waals surface area contributed by atoms with Gasteiger partial charge in [0.2, 0.25) is 0 Å². The standard InChI is InChI=1S/C15H16FNO/c1-10-3-4-13(16)7-12(10)8-15(18)14-9-17-6-5-11(14)2/h3-7,9,15,18H,8H2,1-2H3. The van der Waals surface area contributed by atoms with Gasteiger partial charge in [-0.3, -0.25) is 4.98 Å². The maximum absolute atomic E-state index is 13.2. The van der Waals surface area contributed by atoms with Crippen molar-refractivity contribution in [2.75, 3.05) is 0 Å². The molecule has 0 aliphatic carbocycles. The van der Waals surface area contributed by atoms with E-state index in [2.05, 4.69) is 4.98 Å². The van der Waals surface area contributed by atoms with E-state index in [9.17, 15) is 9.50 Å². The third-order valence-electron chi connectivity index (χ3n) is 3.16. The monoisotopic (exact) mass is 245 g/mol. The molecule has 0 saturated carbocycles. The molecule has 1 heterocycles. The summed E-state index contributed by atoms with van der Waals surface area (Å²) < 4.78 is 13.2. The number of aliphatic hydroxyl groups excluding tert-OH is 1. The van der Waals surface area contributed by atoms with Crippen molar-refractivity contribution >= 4 is 0 Å². The summed E-state index contributed by atoms with van der Waals surface area (Å²) in [5, 5.41) is 10.2. The molecule has 1 N–H and O–H groups in total. The maximum Gasteiger partial charge on any atom is 0.123 e. The number of hydrogen-bond donors (Lipinski definition) is 1. The summed E-state index contributed by atoms with van der Waals surface area (Å²) in [5.74, 6) is -0.272. The van der Waals surface area contributed by atoms with Gasteiger partial charge < -0.3 is 5.11 Å². The van der Waals surface area contributed by atoms with E-state index >= 15 is 0 Å². The normalized spacial score (nSPS) is 12.4. The average molecular weight is 245 g/mol. The Morgan fingerprint density at radius 1 is 1.22 bits per heavy atom. The van der Waals surface area contributed by atoms with Crippen molar-refractivity contribution in [3.05, 3.63) is 64.7 Å². The van der Waals surface area contributed by atoms with Gasteiger partial charge in [0.1, 0.15) is 5.82 Å². The highest BCUT2D eigenvalue weighted by Gasteiger charge is 2.13. The summed E-state index contributed by atoms with van der Waals surface area (Å²) in [5.41, 5.74) is 3.59. The van der Waals surface area contributed by atoms with Crippen LogP contribution >= 0.6 is 0 Å². The zero-order valence-corrected chi connectivity index (χ0v) is 10.5. The minimum atomic E-state index is -0.654. The molecule has 1 unspecified atom stereocenters. The molecule has 0 amide bonds. The van der Waals surface area contributed by atoms with Gasteiger partial charge in [-0.15, -0.1) is 0 Å².